The number of carbonyl (C=O) groups is 5. The third kappa shape index (κ3) is 8.71. The molecule has 4 saturated carbocycles. The number of carbonyl (C=O) groups excluding carboxylic acids is 5. The zero-order valence-corrected chi connectivity index (χ0v) is 31.1. The number of urea groups is 1. The standard InChI is InChI=1S/C36H58N6O7S/c1-6-19-37-32(45)30(43)26(20-23-15-16-23)38-31(44)29-27-25(35(27,2)3)21-42(29)33(46)28(24-13-9-7-10-14-24)39-34(47)40-36(17-11-8-12-18-36)22-41(4)50(5,48)49/h6,23-29H,1,7-22H2,2-5H3,(H,37,45)(H,38,44)(H2,39,40,47)/t25-,26?,27-,28-,29-/m0/s1. The second-order valence-electron chi connectivity index (χ2n) is 16.3. The van der Waals surface area contributed by atoms with E-state index in [0.29, 0.717) is 25.8 Å². The van der Waals surface area contributed by atoms with Crippen LogP contribution in [0.1, 0.15) is 97.3 Å². The average Bonchev–Trinajstić information content (AvgIpc) is 3.93. The Morgan fingerprint density at radius 2 is 1.60 bits per heavy atom. The fraction of sp³-hybridized carbons (Fsp3) is 0.806. The summed E-state index contributed by atoms with van der Waals surface area (Å²) in [6.45, 7) is 8.39. The van der Waals surface area contributed by atoms with Gasteiger partial charge in [-0.3, -0.25) is 19.2 Å². The maximum Gasteiger partial charge on any atom is 0.315 e. The summed E-state index contributed by atoms with van der Waals surface area (Å²) in [4.78, 5) is 70.2. The molecule has 5 amide bonds. The van der Waals surface area contributed by atoms with Crippen molar-refractivity contribution in [3.8, 4) is 0 Å². The van der Waals surface area contributed by atoms with Gasteiger partial charge in [0.25, 0.3) is 5.91 Å². The highest BCUT2D eigenvalue weighted by molar-refractivity contribution is 7.88. The number of amides is 5. The van der Waals surface area contributed by atoms with Crippen LogP contribution in [0.25, 0.3) is 0 Å². The number of hydrogen-bond donors (Lipinski definition) is 4. The molecule has 5 fully saturated rings. The van der Waals surface area contributed by atoms with Gasteiger partial charge in [-0.2, -0.15) is 0 Å². The van der Waals surface area contributed by atoms with Crippen LogP contribution in [0.15, 0.2) is 12.7 Å². The first-order chi connectivity index (χ1) is 23.6. The van der Waals surface area contributed by atoms with Crippen LogP contribution < -0.4 is 21.3 Å². The third-order valence-corrected chi connectivity index (χ3v) is 13.5. The zero-order chi connectivity index (χ0) is 36.4. The van der Waals surface area contributed by atoms with Gasteiger partial charge in [-0.25, -0.2) is 17.5 Å². The van der Waals surface area contributed by atoms with E-state index in [1.54, 1.807) is 4.90 Å². The Bertz CT molecular complexity index is 1430. The van der Waals surface area contributed by atoms with E-state index in [1.807, 2.05) is 0 Å². The number of nitrogens with one attached hydrogen (secondary N) is 4. The highest BCUT2D eigenvalue weighted by atomic mass is 32.2. The van der Waals surface area contributed by atoms with Crippen molar-refractivity contribution in [2.24, 2.45) is 29.1 Å². The number of sulfonamides is 1. The summed E-state index contributed by atoms with van der Waals surface area (Å²) in [6.07, 6.45) is 13.3. The van der Waals surface area contributed by atoms with Gasteiger partial charge < -0.3 is 26.2 Å². The number of likely N-dealkylation sites (tertiary alicyclic amines) is 1. The Kier molecular flexibility index (Phi) is 11.7. The summed E-state index contributed by atoms with van der Waals surface area (Å²) < 4.78 is 25.9. The quantitative estimate of drug-likeness (QED) is 0.149. The van der Waals surface area contributed by atoms with Crippen LogP contribution in [0.4, 0.5) is 4.79 Å². The summed E-state index contributed by atoms with van der Waals surface area (Å²) >= 11 is 0. The first-order valence-electron chi connectivity index (χ1n) is 18.6. The van der Waals surface area contributed by atoms with Crippen LogP contribution >= 0.6 is 0 Å². The van der Waals surface area contributed by atoms with Crippen LogP contribution in [0.3, 0.4) is 0 Å². The number of nitrogens with zero attached hydrogens (tertiary/aromatic N) is 2. The first-order valence-corrected chi connectivity index (χ1v) is 20.5. The van der Waals surface area contributed by atoms with Gasteiger partial charge in [-0.15, -0.1) is 6.58 Å². The molecule has 0 spiro atoms. The molecule has 0 radical (unpaired) electrons. The van der Waals surface area contributed by atoms with Crippen molar-refractivity contribution >= 4 is 39.6 Å². The molecule has 0 aromatic rings. The molecule has 1 heterocycles. The molecule has 4 aliphatic carbocycles. The van der Waals surface area contributed by atoms with Crippen LogP contribution in [0, 0.1) is 29.1 Å². The monoisotopic (exact) mass is 718 g/mol. The molecular weight excluding hydrogens is 660 g/mol. The van der Waals surface area contributed by atoms with E-state index in [1.165, 1.54) is 17.4 Å². The molecule has 280 valence electrons. The van der Waals surface area contributed by atoms with Crippen molar-refractivity contribution in [1.82, 2.24) is 30.5 Å². The summed E-state index contributed by atoms with van der Waals surface area (Å²) in [6, 6.07) is -3.21. The smallest absolute Gasteiger partial charge is 0.315 e. The minimum absolute atomic E-state index is 0.0912. The number of Topliss-reactive ketones (excluding diaryl/α,β-unsaturated/α-hetero) is 1. The number of rotatable bonds is 15. The highest BCUT2D eigenvalue weighted by Crippen LogP contribution is 2.65. The number of piperidine rings is 1. The average molecular weight is 719 g/mol. The predicted molar refractivity (Wildman–Crippen MR) is 189 cm³/mol. The van der Waals surface area contributed by atoms with E-state index in [4.69, 9.17) is 0 Å². The largest absolute Gasteiger partial charge is 0.346 e. The number of fused-ring (bicyclic) bond motifs is 1. The summed E-state index contributed by atoms with van der Waals surface area (Å²) in [5, 5.41) is 11.6. The Hall–Kier alpha value is -3.00. The molecule has 1 saturated heterocycles. The van der Waals surface area contributed by atoms with E-state index >= 15 is 0 Å². The van der Waals surface area contributed by atoms with E-state index < -0.39 is 57.3 Å². The van der Waals surface area contributed by atoms with Gasteiger partial charge in [0, 0.05) is 26.7 Å². The number of hydrogen-bond acceptors (Lipinski definition) is 7. The third-order valence-electron chi connectivity index (χ3n) is 12.2. The number of likely N-dealkylation sites (N-methyl/N-ethyl adjacent to an activating group) is 1. The maximum absolute atomic E-state index is 14.7. The van der Waals surface area contributed by atoms with Crippen molar-refractivity contribution < 1.29 is 32.4 Å². The molecule has 0 aromatic carbocycles. The van der Waals surface area contributed by atoms with Gasteiger partial charge in [-0.1, -0.05) is 71.3 Å². The fourth-order valence-electron chi connectivity index (χ4n) is 8.94. The molecule has 13 nitrogen and oxygen atoms in total. The lowest BCUT2D eigenvalue weighted by atomic mass is 9.81. The maximum atomic E-state index is 14.7. The van der Waals surface area contributed by atoms with Gasteiger partial charge in [0.1, 0.15) is 12.1 Å². The molecule has 1 unspecified atom stereocenters. The fourth-order valence-corrected chi connectivity index (χ4v) is 9.42. The molecule has 50 heavy (non-hydrogen) atoms. The van der Waals surface area contributed by atoms with Crippen LogP contribution in [0.2, 0.25) is 0 Å². The van der Waals surface area contributed by atoms with Crippen molar-refractivity contribution in [2.45, 2.75) is 121 Å². The molecule has 5 atom stereocenters. The van der Waals surface area contributed by atoms with E-state index in [0.717, 1.165) is 70.5 Å². The van der Waals surface area contributed by atoms with Gasteiger partial charge in [0.15, 0.2) is 0 Å². The zero-order valence-electron chi connectivity index (χ0n) is 30.3. The normalized spacial score (nSPS) is 27.0. The van der Waals surface area contributed by atoms with Gasteiger partial charge in [-0.05, 0) is 61.2 Å². The Morgan fingerprint density at radius 1 is 0.960 bits per heavy atom. The topological polar surface area (TPSA) is 174 Å². The van der Waals surface area contributed by atoms with Crippen LogP contribution in [-0.4, -0.2) is 104 Å². The highest BCUT2D eigenvalue weighted by Gasteiger charge is 2.70. The van der Waals surface area contributed by atoms with E-state index in [-0.39, 0.29) is 48.1 Å². The Balaban J connectivity index is 1.36. The SMILES string of the molecule is C=CCNC(=O)C(=O)C(CC1CC1)NC(=O)[C@@H]1[C@@H]2[C@H](CN1C(=O)[C@@H](NC(=O)NC1(CN(C)S(C)(=O)=O)CCCCC1)C1CCCCC1)C2(C)C. The summed E-state index contributed by atoms with van der Waals surface area (Å²) in [5.41, 5.74) is -0.941. The first kappa shape index (κ1) is 38.2. The molecule has 4 N–H and O–H groups in total. The van der Waals surface area contributed by atoms with Gasteiger partial charge in [0.05, 0.1) is 17.8 Å². The molecule has 5 rings (SSSR count). The predicted octanol–water partition coefficient (Wildman–Crippen LogP) is 2.47. The van der Waals surface area contributed by atoms with Crippen LogP contribution in [0.5, 0.6) is 0 Å². The van der Waals surface area contributed by atoms with Gasteiger partial charge >= 0.3 is 6.03 Å². The van der Waals surface area contributed by atoms with Crippen molar-refractivity contribution in [2.75, 3.05) is 32.9 Å². The minimum atomic E-state index is -3.48. The Labute approximate surface area is 297 Å². The molecular formula is C36H58N6O7S. The molecule has 5 aliphatic rings. The minimum Gasteiger partial charge on any atom is -0.346 e. The number of ketones is 1. The lowest BCUT2D eigenvalue weighted by Gasteiger charge is -2.41. The van der Waals surface area contributed by atoms with Gasteiger partial charge in [0.2, 0.25) is 27.6 Å². The lowest BCUT2D eigenvalue weighted by Crippen LogP contribution is -2.63. The molecule has 0 aromatic heterocycles. The van der Waals surface area contributed by atoms with Crippen LogP contribution in [-0.2, 0) is 29.2 Å². The lowest BCUT2D eigenvalue weighted by molar-refractivity contribution is -0.144. The van der Waals surface area contributed by atoms with E-state index in [2.05, 4.69) is 41.7 Å². The molecule has 0 bridgehead atoms. The Morgan fingerprint density at radius 3 is 2.20 bits per heavy atom. The molecule has 1 aliphatic heterocycles. The second-order valence-corrected chi connectivity index (χ2v) is 18.4. The summed E-state index contributed by atoms with van der Waals surface area (Å²) in [7, 11) is -1.96. The van der Waals surface area contributed by atoms with Crippen molar-refractivity contribution in [1.29, 1.82) is 0 Å². The van der Waals surface area contributed by atoms with Crippen molar-refractivity contribution in [3.05, 3.63) is 12.7 Å². The van der Waals surface area contributed by atoms with E-state index in [9.17, 15) is 32.4 Å². The second kappa shape index (κ2) is 15.3. The molecule has 14 heteroatoms. The van der Waals surface area contributed by atoms with Crippen molar-refractivity contribution in [3.63, 3.8) is 0 Å². The summed E-state index contributed by atoms with van der Waals surface area (Å²) in [5.74, 6) is -2.11.